The molecule has 1 amide bonds. The Morgan fingerprint density at radius 3 is 2.86 bits per heavy atom. The van der Waals surface area contributed by atoms with Crippen molar-refractivity contribution in [3.05, 3.63) is 57.5 Å². The number of rotatable bonds is 5. The first-order valence-corrected chi connectivity index (χ1v) is 7.66. The van der Waals surface area contributed by atoms with Crippen LogP contribution < -0.4 is 10.1 Å². The summed E-state index contributed by atoms with van der Waals surface area (Å²) in [4.78, 5) is 11.9. The Morgan fingerprint density at radius 2 is 2.10 bits per heavy atom. The highest BCUT2D eigenvalue weighted by Crippen LogP contribution is 2.25. The predicted molar refractivity (Wildman–Crippen MR) is 89.1 cm³/mol. The molecule has 3 nitrogen and oxygen atoms in total. The summed E-state index contributed by atoms with van der Waals surface area (Å²) in [6.07, 6.45) is 0.261. The highest BCUT2D eigenvalue weighted by molar-refractivity contribution is 9.10. The molecule has 5 heteroatoms. The Hall–Kier alpha value is -1.52. The molecule has 110 valence electrons. The molecule has 1 N–H and O–H groups in total. The molecule has 21 heavy (non-hydrogen) atoms. The molecule has 0 spiro atoms. The van der Waals surface area contributed by atoms with Gasteiger partial charge in [0.1, 0.15) is 5.75 Å². The van der Waals surface area contributed by atoms with E-state index in [2.05, 4.69) is 21.2 Å². The van der Waals surface area contributed by atoms with E-state index in [4.69, 9.17) is 16.3 Å². The van der Waals surface area contributed by atoms with E-state index in [9.17, 15) is 4.79 Å². The van der Waals surface area contributed by atoms with E-state index in [-0.39, 0.29) is 12.3 Å². The van der Waals surface area contributed by atoms with Crippen LogP contribution in [0.15, 0.2) is 46.9 Å². The minimum absolute atomic E-state index is 0.136. The summed E-state index contributed by atoms with van der Waals surface area (Å²) in [6.45, 7) is 2.32. The van der Waals surface area contributed by atoms with Crippen LogP contribution >= 0.6 is 27.5 Å². The van der Waals surface area contributed by atoms with Gasteiger partial charge in [0.25, 0.3) is 0 Å². The number of hydrogen-bond acceptors (Lipinski definition) is 2. The molecule has 0 fully saturated rings. The maximum absolute atomic E-state index is 11.9. The lowest BCUT2D eigenvalue weighted by Crippen LogP contribution is -2.15. The molecule has 0 atom stereocenters. The van der Waals surface area contributed by atoms with Gasteiger partial charge in [-0.05, 0) is 42.8 Å². The van der Waals surface area contributed by atoms with Gasteiger partial charge < -0.3 is 10.1 Å². The number of halogens is 2. The van der Waals surface area contributed by atoms with Gasteiger partial charge in [0.05, 0.1) is 23.7 Å². The van der Waals surface area contributed by atoms with Crippen LogP contribution in [-0.4, -0.2) is 12.5 Å². The standard InChI is InChI=1S/C16H15BrClNO2/c1-11-3-2-4-13(9-11)21-8-7-16(20)19-15-10-12(17)5-6-14(15)18/h2-6,9-10H,7-8H2,1H3,(H,19,20). The molecule has 0 aliphatic carbocycles. The van der Waals surface area contributed by atoms with Crippen molar-refractivity contribution in [2.45, 2.75) is 13.3 Å². The van der Waals surface area contributed by atoms with Crippen LogP contribution in [0.25, 0.3) is 0 Å². The lowest BCUT2D eigenvalue weighted by molar-refractivity contribution is -0.116. The van der Waals surface area contributed by atoms with E-state index in [1.54, 1.807) is 12.1 Å². The lowest BCUT2D eigenvalue weighted by atomic mass is 10.2. The van der Waals surface area contributed by atoms with Crippen LogP contribution in [0.2, 0.25) is 5.02 Å². The molecule has 0 bridgehead atoms. The average Bonchev–Trinajstić information content (AvgIpc) is 2.43. The second-order valence-corrected chi connectivity index (χ2v) is 5.91. The molecule has 2 aromatic rings. The third-order valence-corrected chi connectivity index (χ3v) is 3.61. The second-order valence-electron chi connectivity index (χ2n) is 4.59. The van der Waals surface area contributed by atoms with Gasteiger partial charge in [-0.15, -0.1) is 0 Å². The SMILES string of the molecule is Cc1cccc(OCCC(=O)Nc2cc(Br)ccc2Cl)c1. The molecule has 2 rings (SSSR count). The fraction of sp³-hybridized carbons (Fsp3) is 0.188. The number of nitrogens with one attached hydrogen (secondary N) is 1. The number of carbonyl (C=O) groups excluding carboxylic acids is 1. The summed E-state index contributed by atoms with van der Waals surface area (Å²) < 4.78 is 6.41. The van der Waals surface area contributed by atoms with Crippen molar-refractivity contribution in [3.63, 3.8) is 0 Å². The van der Waals surface area contributed by atoms with Gasteiger partial charge in [-0.1, -0.05) is 39.7 Å². The van der Waals surface area contributed by atoms with E-state index < -0.39 is 0 Å². The Labute approximate surface area is 137 Å². The smallest absolute Gasteiger partial charge is 0.227 e. The number of benzene rings is 2. The number of ether oxygens (including phenoxy) is 1. The highest BCUT2D eigenvalue weighted by atomic mass is 79.9. The van der Waals surface area contributed by atoms with E-state index in [0.717, 1.165) is 15.8 Å². The Balaban J connectivity index is 1.84. The minimum Gasteiger partial charge on any atom is -0.493 e. The van der Waals surface area contributed by atoms with Crippen molar-refractivity contribution in [2.75, 3.05) is 11.9 Å². The van der Waals surface area contributed by atoms with Crippen molar-refractivity contribution in [3.8, 4) is 5.75 Å². The van der Waals surface area contributed by atoms with E-state index >= 15 is 0 Å². The third-order valence-electron chi connectivity index (χ3n) is 2.79. The third kappa shape index (κ3) is 5.06. The summed E-state index contributed by atoms with van der Waals surface area (Å²) >= 11 is 9.36. The molecule has 0 unspecified atom stereocenters. The molecule has 0 saturated heterocycles. The summed E-state index contributed by atoms with van der Waals surface area (Å²) in [6, 6.07) is 13.0. The summed E-state index contributed by atoms with van der Waals surface area (Å²) in [7, 11) is 0. The second kappa shape index (κ2) is 7.48. The lowest BCUT2D eigenvalue weighted by Gasteiger charge is -2.09. The fourth-order valence-electron chi connectivity index (χ4n) is 1.77. The van der Waals surface area contributed by atoms with Gasteiger partial charge in [-0.2, -0.15) is 0 Å². The van der Waals surface area contributed by atoms with Crippen molar-refractivity contribution in [2.24, 2.45) is 0 Å². The van der Waals surface area contributed by atoms with E-state index in [1.807, 2.05) is 37.3 Å². The van der Waals surface area contributed by atoms with Crippen LogP contribution in [0.3, 0.4) is 0 Å². The summed E-state index contributed by atoms with van der Waals surface area (Å²) in [5.74, 6) is 0.631. The van der Waals surface area contributed by atoms with Crippen LogP contribution in [0, 0.1) is 6.92 Å². The van der Waals surface area contributed by atoms with Crippen molar-refractivity contribution >= 4 is 39.1 Å². The van der Waals surface area contributed by atoms with Crippen molar-refractivity contribution in [1.82, 2.24) is 0 Å². The number of hydrogen-bond donors (Lipinski definition) is 1. The Bertz CT molecular complexity index is 646. The topological polar surface area (TPSA) is 38.3 Å². The van der Waals surface area contributed by atoms with E-state index in [0.29, 0.717) is 17.3 Å². The van der Waals surface area contributed by atoms with Gasteiger partial charge in [-0.3, -0.25) is 4.79 Å². The molecule has 0 aromatic heterocycles. The van der Waals surface area contributed by atoms with Crippen LogP contribution in [0.1, 0.15) is 12.0 Å². The maximum Gasteiger partial charge on any atom is 0.227 e. The number of aryl methyl sites for hydroxylation is 1. The first kappa shape index (κ1) is 15.9. The molecule has 2 aromatic carbocycles. The summed E-state index contributed by atoms with van der Waals surface area (Å²) in [5, 5.41) is 3.27. The van der Waals surface area contributed by atoms with Gasteiger partial charge in [0.2, 0.25) is 5.91 Å². The van der Waals surface area contributed by atoms with Crippen molar-refractivity contribution < 1.29 is 9.53 Å². The van der Waals surface area contributed by atoms with Crippen molar-refractivity contribution in [1.29, 1.82) is 0 Å². The van der Waals surface area contributed by atoms with Crippen LogP contribution in [0.5, 0.6) is 5.75 Å². The molecular formula is C16H15BrClNO2. The van der Waals surface area contributed by atoms with Gasteiger partial charge >= 0.3 is 0 Å². The first-order chi connectivity index (χ1) is 10.0. The monoisotopic (exact) mass is 367 g/mol. The molecule has 0 aliphatic heterocycles. The number of anilines is 1. The largest absolute Gasteiger partial charge is 0.493 e. The molecule has 0 heterocycles. The molecule has 0 saturated carbocycles. The van der Waals surface area contributed by atoms with Gasteiger partial charge in [0, 0.05) is 4.47 Å². The fourth-order valence-corrected chi connectivity index (χ4v) is 2.30. The molecule has 0 radical (unpaired) electrons. The average molecular weight is 369 g/mol. The zero-order valence-corrected chi connectivity index (χ0v) is 13.9. The predicted octanol–water partition coefficient (Wildman–Crippen LogP) is 4.82. The Kier molecular flexibility index (Phi) is 5.65. The maximum atomic E-state index is 11.9. The van der Waals surface area contributed by atoms with Crippen LogP contribution in [0.4, 0.5) is 5.69 Å². The summed E-state index contributed by atoms with van der Waals surface area (Å²) in [5.41, 5.74) is 1.71. The first-order valence-electron chi connectivity index (χ1n) is 6.49. The molecule has 0 aliphatic rings. The van der Waals surface area contributed by atoms with E-state index in [1.165, 1.54) is 0 Å². The van der Waals surface area contributed by atoms with Gasteiger partial charge in [0.15, 0.2) is 0 Å². The number of carbonyl (C=O) groups is 1. The van der Waals surface area contributed by atoms with Crippen LogP contribution in [-0.2, 0) is 4.79 Å². The molecular weight excluding hydrogens is 354 g/mol. The Morgan fingerprint density at radius 1 is 1.29 bits per heavy atom. The van der Waals surface area contributed by atoms with Gasteiger partial charge in [-0.25, -0.2) is 0 Å². The quantitative estimate of drug-likeness (QED) is 0.822. The normalized spacial score (nSPS) is 10.2. The highest BCUT2D eigenvalue weighted by Gasteiger charge is 2.07. The minimum atomic E-state index is -0.136. The zero-order chi connectivity index (χ0) is 15.2. The number of amides is 1. The zero-order valence-electron chi connectivity index (χ0n) is 11.5.